The van der Waals surface area contributed by atoms with E-state index in [2.05, 4.69) is 0 Å². The summed E-state index contributed by atoms with van der Waals surface area (Å²) >= 11 is 5.99. The van der Waals surface area contributed by atoms with E-state index in [0.29, 0.717) is 16.3 Å². The maximum atomic E-state index is 12.5. The van der Waals surface area contributed by atoms with E-state index in [0.717, 1.165) is 5.56 Å². The van der Waals surface area contributed by atoms with E-state index in [-0.39, 0.29) is 12.2 Å². The molecule has 0 aliphatic carbocycles. The molecule has 0 aromatic heterocycles. The van der Waals surface area contributed by atoms with Crippen LogP contribution >= 0.6 is 11.6 Å². The Labute approximate surface area is 157 Å². The van der Waals surface area contributed by atoms with E-state index in [4.69, 9.17) is 11.6 Å². The Bertz CT molecular complexity index is 905. The van der Waals surface area contributed by atoms with Crippen molar-refractivity contribution in [1.29, 1.82) is 0 Å². The van der Waals surface area contributed by atoms with Crippen molar-refractivity contribution in [3.63, 3.8) is 0 Å². The van der Waals surface area contributed by atoms with Crippen LogP contribution in [-0.2, 0) is 15.2 Å². The second-order valence-corrected chi connectivity index (χ2v) is 6.59. The fourth-order valence-electron chi connectivity index (χ4n) is 3.01. The molecule has 0 saturated carbocycles. The van der Waals surface area contributed by atoms with Crippen LogP contribution in [0, 0.1) is 0 Å². The first kappa shape index (κ1) is 18.1. The lowest BCUT2D eigenvalue weighted by Crippen LogP contribution is -2.40. The van der Waals surface area contributed by atoms with E-state index >= 15 is 0 Å². The van der Waals surface area contributed by atoms with Crippen LogP contribution in [0.4, 0.5) is 5.69 Å². The van der Waals surface area contributed by atoms with Gasteiger partial charge in [0.05, 0.1) is 12.1 Å². The third kappa shape index (κ3) is 3.47. The average molecular weight is 368 g/mol. The Balaban J connectivity index is 1.75. The minimum atomic E-state index is -1.89. The normalized spacial score (nSPS) is 19.5. The van der Waals surface area contributed by atoms with Gasteiger partial charge in [-0.1, -0.05) is 60.2 Å². The predicted molar refractivity (Wildman–Crippen MR) is 103 cm³/mol. The Morgan fingerprint density at radius 1 is 1.19 bits per heavy atom. The number of hydrogen-bond acceptors (Lipinski definition) is 3. The highest BCUT2D eigenvalue weighted by atomic mass is 35.5. The highest BCUT2D eigenvalue weighted by Crippen LogP contribution is 2.42. The number of amides is 1. The largest absolute Gasteiger partial charge is 0.375 e. The Morgan fingerprint density at radius 2 is 1.92 bits per heavy atom. The first-order valence-electron chi connectivity index (χ1n) is 8.15. The molecule has 1 N–H and O–H groups in total. The number of hydrogen-bond donors (Lipinski definition) is 1. The summed E-state index contributed by atoms with van der Waals surface area (Å²) in [5.41, 5.74) is 0.0423. The molecule has 0 fully saturated rings. The molecule has 1 unspecified atom stereocenters. The number of fused-ring (bicyclic) bond motifs is 1. The molecule has 1 atom stereocenters. The van der Waals surface area contributed by atoms with Crippen LogP contribution in [0.5, 0.6) is 0 Å². The summed E-state index contributed by atoms with van der Waals surface area (Å²) < 4.78 is 0. The van der Waals surface area contributed by atoms with Crippen molar-refractivity contribution >= 4 is 35.1 Å². The third-order valence-corrected chi connectivity index (χ3v) is 4.57. The zero-order valence-corrected chi connectivity index (χ0v) is 15.0. The van der Waals surface area contributed by atoms with Crippen LogP contribution in [0.2, 0.25) is 5.02 Å². The van der Waals surface area contributed by atoms with Crippen LogP contribution in [0.25, 0.3) is 6.08 Å². The molecule has 4 nitrogen and oxygen atoms in total. The lowest BCUT2D eigenvalue weighted by atomic mass is 9.90. The van der Waals surface area contributed by atoms with Crippen LogP contribution in [-0.4, -0.2) is 23.8 Å². The third-order valence-electron chi connectivity index (χ3n) is 4.34. The smallest absolute Gasteiger partial charge is 0.263 e. The predicted octanol–water partition coefficient (Wildman–Crippen LogP) is 3.73. The number of allylic oxidation sites excluding steroid dienone is 3. The molecule has 2 aromatic rings. The molecular formula is C21H18ClNO3. The minimum Gasteiger partial charge on any atom is -0.375 e. The average Bonchev–Trinajstić information content (AvgIpc) is 2.81. The topological polar surface area (TPSA) is 57.6 Å². The van der Waals surface area contributed by atoms with Crippen molar-refractivity contribution in [2.24, 2.45) is 0 Å². The standard InChI is InChI=1S/C21H18ClNO3/c1-23-19-12-11-16(22)13-18(19)21(26,20(23)25)14-17(24)10-6-5-9-15-7-3-2-4-8-15/h2-13,26H,14H2,1H3/b9-5+,10-6+. The summed E-state index contributed by atoms with van der Waals surface area (Å²) in [5.74, 6) is -0.879. The molecule has 0 bridgehead atoms. The molecule has 26 heavy (non-hydrogen) atoms. The monoisotopic (exact) mass is 367 g/mol. The second-order valence-electron chi connectivity index (χ2n) is 6.16. The zero-order valence-electron chi connectivity index (χ0n) is 14.2. The van der Waals surface area contributed by atoms with Crippen LogP contribution in [0.1, 0.15) is 17.5 Å². The van der Waals surface area contributed by atoms with Crippen molar-refractivity contribution in [2.75, 3.05) is 11.9 Å². The summed E-state index contributed by atoms with van der Waals surface area (Å²) in [6, 6.07) is 14.5. The SMILES string of the molecule is CN1C(=O)C(O)(CC(=O)/C=C/C=C/c2ccccc2)c2cc(Cl)ccc21. The molecule has 132 valence electrons. The van der Waals surface area contributed by atoms with Crippen molar-refractivity contribution in [1.82, 2.24) is 0 Å². The first-order chi connectivity index (χ1) is 12.4. The molecular weight excluding hydrogens is 350 g/mol. The molecule has 1 aliphatic rings. The number of benzene rings is 2. The van der Waals surface area contributed by atoms with Crippen LogP contribution < -0.4 is 4.90 Å². The number of carbonyl (C=O) groups is 2. The summed E-state index contributed by atoms with van der Waals surface area (Å²) in [6.45, 7) is 0. The molecule has 1 amide bonds. The van der Waals surface area contributed by atoms with E-state index in [1.807, 2.05) is 36.4 Å². The number of anilines is 1. The number of nitrogens with zero attached hydrogens (tertiary/aromatic N) is 1. The summed E-state index contributed by atoms with van der Waals surface area (Å²) in [7, 11) is 1.57. The number of aliphatic hydroxyl groups is 1. The highest BCUT2D eigenvalue weighted by molar-refractivity contribution is 6.31. The molecule has 0 spiro atoms. The molecule has 0 radical (unpaired) electrons. The number of carbonyl (C=O) groups excluding carboxylic acids is 2. The minimum absolute atomic E-state index is 0.334. The molecule has 2 aromatic carbocycles. The Hall–Kier alpha value is -2.69. The van der Waals surface area contributed by atoms with E-state index in [1.54, 1.807) is 31.3 Å². The molecule has 1 aliphatic heterocycles. The Morgan fingerprint density at radius 3 is 2.65 bits per heavy atom. The fraction of sp³-hybridized carbons (Fsp3) is 0.143. The first-order valence-corrected chi connectivity index (χ1v) is 8.53. The second kappa shape index (κ2) is 7.28. The van der Waals surface area contributed by atoms with Gasteiger partial charge in [-0.2, -0.15) is 0 Å². The fourth-order valence-corrected chi connectivity index (χ4v) is 3.18. The summed E-state index contributed by atoms with van der Waals surface area (Å²) in [6.07, 6.45) is 6.22. The number of likely N-dealkylation sites (N-methyl/N-ethyl adjacent to an activating group) is 1. The van der Waals surface area contributed by atoms with Crippen molar-refractivity contribution in [2.45, 2.75) is 12.0 Å². The van der Waals surface area contributed by atoms with Gasteiger partial charge < -0.3 is 10.0 Å². The quantitative estimate of drug-likeness (QED) is 0.647. The maximum absolute atomic E-state index is 12.5. The van der Waals surface area contributed by atoms with Gasteiger partial charge in [0, 0.05) is 17.6 Å². The van der Waals surface area contributed by atoms with Crippen LogP contribution in [0.3, 0.4) is 0 Å². The van der Waals surface area contributed by atoms with Crippen LogP contribution in [0.15, 0.2) is 66.8 Å². The van der Waals surface area contributed by atoms with Gasteiger partial charge in [-0.25, -0.2) is 0 Å². The van der Waals surface area contributed by atoms with Gasteiger partial charge in [0.15, 0.2) is 11.4 Å². The highest BCUT2D eigenvalue weighted by Gasteiger charge is 2.49. The molecule has 3 rings (SSSR count). The number of halogens is 1. The summed E-state index contributed by atoms with van der Waals surface area (Å²) in [5, 5.41) is 11.3. The lowest BCUT2D eigenvalue weighted by Gasteiger charge is -2.20. The van der Waals surface area contributed by atoms with Crippen molar-refractivity contribution in [3.8, 4) is 0 Å². The van der Waals surface area contributed by atoms with E-state index in [9.17, 15) is 14.7 Å². The zero-order chi connectivity index (χ0) is 18.7. The molecule has 0 saturated heterocycles. The van der Waals surface area contributed by atoms with E-state index < -0.39 is 11.5 Å². The van der Waals surface area contributed by atoms with E-state index in [1.165, 1.54) is 17.0 Å². The summed E-state index contributed by atoms with van der Waals surface area (Å²) in [4.78, 5) is 26.1. The van der Waals surface area contributed by atoms with Gasteiger partial charge in [-0.3, -0.25) is 9.59 Å². The molecule has 5 heteroatoms. The van der Waals surface area contributed by atoms with Gasteiger partial charge in [0.1, 0.15) is 0 Å². The van der Waals surface area contributed by atoms with Gasteiger partial charge >= 0.3 is 0 Å². The van der Waals surface area contributed by atoms with Gasteiger partial charge in [-0.05, 0) is 29.8 Å². The maximum Gasteiger partial charge on any atom is 0.263 e. The number of ketones is 1. The molecule has 1 heterocycles. The lowest BCUT2D eigenvalue weighted by molar-refractivity contribution is -0.140. The number of rotatable bonds is 5. The van der Waals surface area contributed by atoms with Crippen molar-refractivity contribution in [3.05, 3.63) is 82.9 Å². The van der Waals surface area contributed by atoms with Gasteiger partial charge in [-0.15, -0.1) is 0 Å². The van der Waals surface area contributed by atoms with Crippen molar-refractivity contribution < 1.29 is 14.7 Å². The van der Waals surface area contributed by atoms with Gasteiger partial charge in [0.2, 0.25) is 0 Å². The van der Waals surface area contributed by atoms with Gasteiger partial charge in [0.25, 0.3) is 5.91 Å². The Kier molecular flexibility index (Phi) is 5.07.